The van der Waals surface area contributed by atoms with Gasteiger partial charge in [-0.15, -0.1) is 10.2 Å². The minimum Gasteiger partial charge on any atom is -0.444 e. The molecule has 1 aliphatic carbocycles. The van der Waals surface area contributed by atoms with Crippen LogP contribution in [-0.4, -0.2) is 49.9 Å². The first kappa shape index (κ1) is 23.5. The van der Waals surface area contributed by atoms with Crippen molar-refractivity contribution < 1.29 is 14.3 Å². The molecule has 1 N–H and O–H groups in total. The first-order chi connectivity index (χ1) is 15.6. The number of nitrogens with one attached hydrogen (secondary N) is 1. The number of carbonyl (C=O) groups excluding carboxylic acids is 2. The molecule has 0 spiro atoms. The normalized spacial score (nSPS) is 23.2. The van der Waals surface area contributed by atoms with Crippen molar-refractivity contribution in [1.82, 2.24) is 25.0 Å². The molecule has 9 heteroatoms. The number of amides is 2. The summed E-state index contributed by atoms with van der Waals surface area (Å²) in [6.45, 7) is 8.66. The van der Waals surface area contributed by atoms with Gasteiger partial charge < -0.3 is 19.5 Å². The molecule has 2 aliphatic rings. The number of ether oxygens (including phenoxy) is 1. The zero-order valence-electron chi connectivity index (χ0n) is 19.7. The van der Waals surface area contributed by atoms with Gasteiger partial charge in [0.1, 0.15) is 18.0 Å². The number of alkyl carbamates (subject to hydrolysis) is 1. The highest BCUT2D eigenvalue weighted by Crippen LogP contribution is 2.42. The quantitative estimate of drug-likeness (QED) is 0.725. The highest BCUT2D eigenvalue weighted by molar-refractivity contribution is 6.30. The second kappa shape index (κ2) is 8.97. The lowest BCUT2D eigenvalue weighted by Crippen LogP contribution is -2.51. The summed E-state index contributed by atoms with van der Waals surface area (Å²) >= 11 is 6.32. The van der Waals surface area contributed by atoms with E-state index in [-0.39, 0.29) is 17.4 Å². The molecular formula is C24H32ClN5O3. The lowest BCUT2D eigenvalue weighted by molar-refractivity contribution is -0.138. The summed E-state index contributed by atoms with van der Waals surface area (Å²) in [6, 6.07) is 7.99. The van der Waals surface area contributed by atoms with Crippen LogP contribution in [-0.2, 0) is 28.0 Å². The summed E-state index contributed by atoms with van der Waals surface area (Å²) < 4.78 is 7.35. The van der Waals surface area contributed by atoms with Gasteiger partial charge in [-0.05, 0) is 71.1 Å². The van der Waals surface area contributed by atoms with Crippen molar-refractivity contribution in [3.05, 3.63) is 46.5 Å². The molecule has 0 saturated heterocycles. The lowest BCUT2D eigenvalue weighted by atomic mass is 9.67. The molecule has 1 aromatic carbocycles. The molecule has 33 heavy (non-hydrogen) atoms. The summed E-state index contributed by atoms with van der Waals surface area (Å²) in [4.78, 5) is 27.2. The number of rotatable bonds is 4. The fourth-order valence-corrected chi connectivity index (χ4v) is 5.15. The number of halogens is 1. The first-order valence-corrected chi connectivity index (χ1v) is 11.9. The molecule has 0 unspecified atom stereocenters. The Morgan fingerprint density at radius 1 is 1.24 bits per heavy atom. The number of hydrogen-bond donors (Lipinski definition) is 1. The number of aryl methyl sites for hydroxylation is 1. The van der Waals surface area contributed by atoms with E-state index in [0.717, 1.165) is 42.9 Å². The SMILES string of the molecule is Cc1nnc2n1CC(=O)N(C1CCC(CNC(=O)OC(C)(C)C)(c3cccc(Cl)c3)CC1)C2. The third kappa shape index (κ3) is 5.16. The summed E-state index contributed by atoms with van der Waals surface area (Å²) in [7, 11) is 0. The van der Waals surface area contributed by atoms with Crippen LogP contribution in [0.1, 0.15) is 63.7 Å². The van der Waals surface area contributed by atoms with E-state index in [0.29, 0.717) is 24.7 Å². The molecule has 4 rings (SSSR count). The van der Waals surface area contributed by atoms with Crippen molar-refractivity contribution in [2.24, 2.45) is 0 Å². The Balaban J connectivity index is 1.49. The molecule has 1 aliphatic heterocycles. The number of fused-ring (bicyclic) bond motifs is 1. The van der Waals surface area contributed by atoms with Crippen molar-refractivity contribution >= 4 is 23.6 Å². The smallest absolute Gasteiger partial charge is 0.407 e. The summed E-state index contributed by atoms with van der Waals surface area (Å²) in [5.41, 5.74) is 0.275. The maximum absolute atomic E-state index is 12.9. The maximum Gasteiger partial charge on any atom is 0.407 e. The lowest BCUT2D eigenvalue weighted by Gasteiger charge is -2.45. The molecule has 2 aromatic rings. The number of carbonyl (C=O) groups is 2. The summed E-state index contributed by atoms with van der Waals surface area (Å²) in [5.74, 6) is 1.72. The zero-order valence-corrected chi connectivity index (χ0v) is 20.5. The van der Waals surface area contributed by atoms with E-state index in [2.05, 4.69) is 21.6 Å². The van der Waals surface area contributed by atoms with Gasteiger partial charge in [0.05, 0.1) is 6.54 Å². The highest BCUT2D eigenvalue weighted by atomic mass is 35.5. The second-order valence-corrected chi connectivity index (χ2v) is 10.6. The molecule has 1 saturated carbocycles. The maximum atomic E-state index is 12.9. The zero-order chi connectivity index (χ0) is 23.8. The minimum absolute atomic E-state index is 0.109. The Bertz CT molecular complexity index is 1040. The Morgan fingerprint density at radius 2 is 1.97 bits per heavy atom. The molecule has 2 heterocycles. The minimum atomic E-state index is -0.557. The van der Waals surface area contributed by atoms with Crippen LogP contribution >= 0.6 is 11.6 Å². The molecule has 0 bridgehead atoms. The Kier molecular flexibility index (Phi) is 6.40. The Labute approximate surface area is 199 Å². The molecule has 0 radical (unpaired) electrons. The average Bonchev–Trinajstić information content (AvgIpc) is 3.11. The third-order valence-corrected chi connectivity index (χ3v) is 6.93. The van der Waals surface area contributed by atoms with Gasteiger partial charge in [-0.3, -0.25) is 4.79 Å². The van der Waals surface area contributed by atoms with Crippen molar-refractivity contribution in [1.29, 1.82) is 0 Å². The number of hydrogen-bond acceptors (Lipinski definition) is 5. The van der Waals surface area contributed by atoms with Gasteiger partial charge in [0.15, 0.2) is 5.82 Å². The van der Waals surface area contributed by atoms with Gasteiger partial charge in [0, 0.05) is 23.0 Å². The van der Waals surface area contributed by atoms with Crippen molar-refractivity contribution in [3.8, 4) is 0 Å². The highest BCUT2D eigenvalue weighted by Gasteiger charge is 2.41. The van der Waals surface area contributed by atoms with Gasteiger partial charge in [-0.25, -0.2) is 4.79 Å². The average molecular weight is 474 g/mol. The van der Waals surface area contributed by atoms with E-state index >= 15 is 0 Å². The van der Waals surface area contributed by atoms with Crippen LogP contribution in [0.3, 0.4) is 0 Å². The largest absolute Gasteiger partial charge is 0.444 e. The third-order valence-electron chi connectivity index (χ3n) is 6.70. The van der Waals surface area contributed by atoms with Crippen LogP contribution < -0.4 is 5.32 Å². The van der Waals surface area contributed by atoms with Crippen LogP contribution in [0.15, 0.2) is 24.3 Å². The monoisotopic (exact) mass is 473 g/mol. The number of benzene rings is 1. The Hall–Kier alpha value is -2.61. The number of nitrogens with zero attached hydrogens (tertiary/aromatic N) is 4. The van der Waals surface area contributed by atoms with Gasteiger partial charge in [-0.1, -0.05) is 23.7 Å². The van der Waals surface area contributed by atoms with Gasteiger partial charge in [-0.2, -0.15) is 0 Å². The van der Waals surface area contributed by atoms with Gasteiger partial charge in [0.25, 0.3) is 0 Å². The van der Waals surface area contributed by atoms with E-state index in [1.807, 2.05) is 55.4 Å². The number of aromatic nitrogens is 3. The molecule has 1 aromatic heterocycles. The molecule has 0 atom stereocenters. The Morgan fingerprint density at radius 3 is 2.64 bits per heavy atom. The molecule has 1 fully saturated rings. The molecule has 8 nitrogen and oxygen atoms in total. The first-order valence-electron chi connectivity index (χ1n) is 11.5. The van der Waals surface area contributed by atoms with Crippen molar-refractivity contribution in [3.63, 3.8) is 0 Å². The second-order valence-electron chi connectivity index (χ2n) is 10.1. The van der Waals surface area contributed by atoms with E-state index in [1.54, 1.807) is 0 Å². The molecule has 178 valence electrons. The van der Waals surface area contributed by atoms with Crippen LogP contribution in [0.25, 0.3) is 0 Å². The predicted molar refractivity (Wildman–Crippen MR) is 125 cm³/mol. The molecule has 2 amide bonds. The van der Waals surface area contributed by atoms with Crippen LogP contribution in [0, 0.1) is 6.92 Å². The van der Waals surface area contributed by atoms with Crippen LogP contribution in [0.2, 0.25) is 5.02 Å². The fraction of sp³-hybridized carbons (Fsp3) is 0.583. The van der Waals surface area contributed by atoms with Crippen molar-refractivity contribution in [2.45, 2.75) is 83.5 Å². The van der Waals surface area contributed by atoms with E-state index in [4.69, 9.17) is 16.3 Å². The summed E-state index contributed by atoms with van der Waals surface area (Å²) in [6.07, 6.45) is 2.89. The molecular weight excluding hydrogens is 442 g/mol. The van der Waals surface area contributed by atoms with E-state index in [9.17, 15) is 9.59 Å². The standard InChI is InChI=1S/C24H32ClN5O3/c1-16-27-28-20-13-30(21(31)14-29(16)20)19-8-10-24(11-9-19,17-6-5-7-18(25)12-17)15-26-22(32)33-23(2,3)4/h5-7,12,19H,8-11,13-15H2,1-4H3,(H,26,32). The van der Waals surface area contributed by atoms with Gasteiger partial charge >= 0.3 is 6.09 Å². The fourth-order valence-electron chi connectivity index (χ4n) is 4.96. The topological polar surface area (TPSA) is 89.4 Å². The van der Waals surface area contributed by atoms with E-state index < -0.39 is 11.7 Å². The van der Waals surface area contributed by atoms with Crippen LogP contribution in [0.5, 0.6) is 0 Å². The van der Waals surface area contributed by atoms with Crippen LogP contribution in [0.4, 0.5) is 4.79 Å². The van der Waals surface area contributed by atoms with Crippen molar-refractivity contribution in [2.75, 3.05) is 6.54 Å². The van der Waals surface area contributed by atoms with E-state index in [1.165, 1.54) is 0 Å². The predicted octanol–water partition coefficient (Wildman–Crippen LogP) is 3.99. The summed E-state index contributed by atoms with van der Waals surface area (Å²) in [5, 5.41) is 12.0. The van der Waals surface area contributed by atoms with Gasteiger partial charge in [0.2, 0.25) is 5.91 Å².